The zero-order chi connectivity index (χ0) is 26.8. The summed E-state index contributed by atoms with van der Waals surface area (Å²) in [7, 11) is 4.72. The predicted molar refractivity (Wildman–Crippen MR) is 146 cm³/mol. The summed E-state index contributed by atoms with van der Waals surface area (Å²) in [5.41, 5.74) is 3.12. The van der Waals surface area contributed by atoms with Gasteiger partial charge in [-0.25, -0.2) is 4.68 Å². The number of carbonyl (C=O) groups is 1. The minimum absolute atomic E-state index is 0.323. The molecule has 0 radical (unpaired) electrons. The molecule has 38 heavy (non-hydrogen) atoms. The van der Waals surface area contributed by atoms with Crippen molar-refractivity contribution in [2.24, 2.45) is 0 Å². The number of amides is 1. The maximum atomic E-state index is 13.9. The molecule has 2 heterocycles. The molecular weight excluding hydrogens is 506 g/mol. The number of benzene rings is 3. The summed E-state index contributed by atoms with van der Waals surface area (Å²) >= 11 is 6.08. The fraction of sp³-hybridized carbons (Fsp3) is 0.179. The molecular formula is C28H26ClN5O4. The smallest absolute Gasteiger partial charge is 0.255 e. The third-order valence-electron chi connectivity index (χ3n) is 6.29. The van der Waals surface area contributed by atoms with Gasteiger partial charge in [-0.3, -0.25) is 4.79 Å². The molecule has 1 aliphatic rings. The van der Waals surface area contributed by atoms with Gasteiger partial charge >= 0.3 is 0 Å². The Morgan fingerprint density at radius 2 is 1.71 bits per heavy atom. The number of anilines is 2. The number of halogens is 1. The lowest BCUT2D eigenvalue weighted by Crippen LogP contribution is -2.31. The summed E-state index contributed by atoms with van der Waals surface area (Å²) in [6.45, 7) is 1.83. The van der Waals surface area contributed by atoms with Crippen LogP contribution >= 0.6 is 11.6 Å². The van der Waals surface area contributed by atoms with Gasteiger partial charge in [-0.05, 0) is 55.5 Å². The standard InChI is InChI=1S/C28H26ClN5O4/c1-16-24(27(35)31-21-7-5-6-8-22(21)37-3)25(20-14-13-19(36-2)15-23(20)38-4)34-28(30-16)32-26(33-34)17-9-11-18(29)12-10-17/h5-15,25H,1-4H3,(H,31,35)(H,30,32,33). The largest absolute Gasteiger partial charge is 0.497 e. The Labute approximate surface area is 225 Å². The van der Waals surface area contributed by atoms with E-state index in [0.717, 1.165) is 5.56 Å². The summed E-state index contributed by atoms with van der Waals surface area (Å²) < 4.78 is 18.3. The van der Waals surface area contributed by atoms with Crippen molar-refractivity contribution in [3.63, 3.8) is 0 Å². The van der Waals surface area contributed by atoms with Crippen molar-refractivity contribution in [2.75, 3.05) is 32.0 Å². The molecule has 0 bridgehead atoms. The third kappa shape index (κ3) is 4.64. The minimum Gasteiger partial charge on any atom is -0.497 e. The van der Waals surface area contributed by atoms with Gasteiger partial charge in [-0.1, -0.05) is 23.7 Å². The number of aromatic nitrogens is 3. The average Bonchev–Trinajstić information content (AvgIpc) is 3.36. The van der Waals surface area contributed by atoms with E-state index >= 15 is 0 Å². The van der Waals surface area contributed by atoms with Crippen LogP contribution in [0.1, 0.15) is 18.5 Å². The highest BCUT2D eigenvalue weighted by Crippen LogP contribution is 2.41. The lowest BCUT2D eigenvalue weighted by atomic mass is 9.94. The predicted octanol–water partition coefficient (Wildman–Crippen LogP) is 5.55. The molecule has 1 atom stereocenters. The van der Waals surface area contributed by atoms with Crippen molar-refractivity contribution in [1.82, 2.24) is 14.8 Å². The Balaban J connectivity index is 1.64. The first-order chi connectivity index (χ1) is 18.4. The van der Waals surface area contributed by atoms with Gasteiger partial charge in [-0.2, -0.15) is 4.98 Å². The topological polar surface area (TPSA) is 99.5 Å². The van der Waals surface area contributed by atoms with E-state index in [1.54, 1.807) is 56.3 Å². The van der Waals surface area contributed by atoms with Crippen LogP contribution in [0, 0.1) is 0 Å². The number of hydrogen-bond donors (Lipinski definition) is 2. The number of allylic oxidation sites excluding steroid dienone is 1. The quantitative estimate of drug-likeness (QED) is 0.322. The molecule has 3 aromatic carbocycles. The number of nitrogens with one attached hydrogen (secondary N) is 2. The van der Waals surface area contributed by atoms with Gasteiger partial charge in [0.15, 0.2) is 5.82 Å². The van der Waals surface area contributed by atoms with E-state index in [2.05, 4.69) is 10.6 Å². The van der Waals surface area contributed by atoms with Crippen molar-refractivity contribution >= 4 is 29.1 Å². The first-order valence-corrected chi connectivity index (χ1v) is 12.2. The van der Waals surface area contributed by atoms with Gasteiger partial charge in [0.1, 0.15) is 23.3 Å². The van der Waals surface area contributed by atoms with Crippen LogP contribution in [0.4, 0.5) is 11.6 Å². The molecule has 2 N–H and O–H groups in total. The van der Waals surface area contributed by atoms with Gasteiger partial charge in [0.25, 0.3) is 5.91 Å². The molecule has 1 unspecified atom stereocenters. The van der Waals surface area contributed by atoms with Crippen molar-refractivity contribution in [2.45, 2.75) is 13.0 Å². The average molecular weight is 532 g/mol. The highest BCUT2D eigenvalue weighted by atomic mass is 35.5. The highest BCUT2D eigenvalue weighted by molar-refractivity contribution is 6.30. The molecule has 9 nitrogen and oxygen atoms in total. The Hall–Kier alpha value is -4.50. The molecule has 1 aliphatic heterocycles. The van der Waals surface area contributed by atoms with Crippen LogP contribution in [0.25, 0.3) is 11.4 Å². The molecule has 0 aliphatic carbocycles. The third-order valence-corrected chi connectivity index (χ3v) is 6.54. The first kappa shape index (κ1) is 25.2. The highest BCUT2D eigenvalue weighted by Gasteiger charge is 2.36. The molecule has 1 amide bonds. The van der Waals surface area contributed by atoms with Crippen LogP contribution in [0.2, 0.25) is 5.02 Å². The fourth-order valence-electron chi connectivity index (χ4n) is 4.44. The molecule has 10 heteroatoms. The molecule has 0 saturated carbocycles. The number of hydrogen-bond acceptors (Lipinski definition) is 7. The van der Waals surface area contributed by atoms with E-state index in [-0.39, 0.29) is 5.91 Å². The van der Waals surface area contributed by atoms with Crippen molar-refractivity contribution in [3.05, 3.63) is 88.6 Å². The molecule has 0 fully saturated rings. The molecule has 194 valence electrons. The maximum Gasteiger partial charge on any atom is 0.255 e. The minimum atomic E-state index is -0.657. The van der Waals surface area contributed by atoms with Crippen LogP contribution in [-0.4, -0.2) is 42.0 Å². The van der Waals surface area contributed by atoms with Crippen LogP contribution in [-0.2, 0) is 4.79 Å². The van der Waals surface area contributed by atoms with Crippen molar-refractivity contribution < 1.29 is 19.0 Å². The number of methoxy groups -OCH3 is 3. The van der Waals surface area contributed by atoms with E-state index in [4.69, 9.17) is 35.9 Å². The zero-order valence-electron chi connectivity index (χ0n) is 21.3. The second-order valence-corrected chi connectivity index (χ2v) is 8.98. The monoisotopic (exact) mass is 531 g/mol. The zero-order valence-corrected chi connectivity index (χ0v) is 22.0. The summed E-state index contributed by atoms with van der Waals surface area (Å²) in [5, 5.41) is 11.7. The van der Waals surface area contributed by atoms with Gasteiger partial charge < -0.3 is 24.8 Å². The molecule has 0 saturated heterocycles. The first-order valence-electron chi connectivity index (χ1n) is 11.8. The SMILES string of the molecule is COc1ccc(C2C(C(=O)Nc3ccccc3OC)=C(C)Nc3nc(-c4ccc(Cl)cc4)nn32)c(OC)c1. The van der Waals surface area contributed by atoms with Crippen LogP contribution in [0.5, 0.6) is 17.2 Å². The van der Waals surface area contributed by atoms with E-state index < -0.39 is 6.04 Å². The Bertz CT molecular complexity index is 1530. The Morgan fingerprint density at radius 1 is 0.974 bits per heavy atom. The van der Waals surface area contributed by atoms with Gasteiger partial charge in [-0.15, -0.1) is 5.10 Å². The molecule has 0 spiro atoms. The van der Waals surface area contributed by atoms with Gasteiger partial charge in [0.05, 0.1) is 32.6 Å². The number of carbonyl (C=O) groups excluding carboxylic acids is 1. The normalized spacial score (nSPS) is 14.4. The Kier molecular flexibility index (Phi) is 6.93. The van der Waals surface area contributed by atoms with Crippen LogP contribution < -0.4 is 24.8 Å². The summed E-state index contributed by atoms with van der Waals surface area (Å²) in [6, 6.07) is 19.3. The van der Waals surface area contributed by atoms with E-state index in [0.29, 0.717) is 56.6 Å². The maximum absolute atomic E-state index is 13.9. The van der Waals surface area contributed by atoms with E-state index in [9.17, 15) is 4.79 Å². The second-order valence-electron chi connectivity index (χ2n) is 8.54. The lowest BCUT2D eigenvalue weighted by molar-refractivity contribution is -0.113. The van der Waals surface area contributed by atoms with Crippen molar-refractivity contribution in [3.8, 4) is 28.6 Å². The number of ether oxygens (including phenoxy) is 3. The van der Waals surface area contributed by atoms with Crippen LogP contribution in [0.3, 0.4) is 0 Å². The number of nitrogens with zero attached hydrogens (tertiary/aromatic N) is 3. The molecule has 4 aromatic rings. The number of rotatable bonds is 7. The summed E-state index contributed by atoms with van der Waals surface area (Å²) in [5.74, 6) is 2.37. The Morgan fingerprint density at radius 3 is 2.42 bits per heavy atom. The fourth-order valence-corrected chi connectivity index (χ4v) is 4.56. The number of para-hydroxylation sites is 2. The summed E-state index contributed by atoms with van der Waals surface area (Å²) in [4.78, 5) is 18.6. The summed E-state index contributed by atoms with van der Waals surface area (Å²) in [6.07, 6.45) is 0. The molecule has 5 rings (SSSR count). The molecule has 1 aromatic heterocycles. The second kappa shape index (κ2) is 10.5. The van der Waals surface area contributed by atoms with Crippen LogP contribution in [0.15, 0.2) is 78.0 Å². The lowest BCUT2D eigenvalue weighted by Gasteiger charge is -2.29. The van der Waals surface area contributed by atoms with Crippen molar-refractivity contribution in [1.29, 1.82) is 0 Å². The van der Waals surface area contributed by atoms with E-state index in [1.807, 2.05) is 43.3 Å². The number of fused-ring (bicyclic) bond motifs is 1. The van der Waals surface area contributed by atoms with Gasteiger partial charge in [0, 0.05) is 27.9 Å². The van der Waals surface area contributed by atoms with E-state index in [1.165, 1.54) is 0 Å². The van der Waals surface area contributed by atoms with Gasteiger partial charge in [0.2, 0.25) is 5.95 Å².